The standard InChI is InChI=1S/C16H20N/c1-2-3-4-5-6-7-8-9-15-10-12-16(14-17)13-11-15/h8-10,12-13H,2-7H2,1H3. The van der Waals surface area contributed by atoms with E-state index in [2.05, 4.69) is 31.2 Å². The zero-order valence-electron chi connectivity index (χ0n) is 10.6. The van der Waals surface area contributed by atoms with Crippen LogP contribution in [0.25, 0.3) is 6.08 Å². The highest BCUT2D eigenvalue weighted by atomic mass is 14.2. The van der Waals surface area contributed by atoms with Gasteiger partial charge in [-0.3, -0.25) is 0 Å². The van der Waals surface area contributed by atoms with Gasteiger partial charge in [0.25, 0.3) is 0 Å². The van der Waals surface area contributed by atoms with Crippen LogP contribution in [0, 0.1) is 17.4 Å². The highest BCUT2D eigenvalue weighted by Gasteiger charge is 1.90. The van der Waals surface area contributed by atoms with Gasteiger partial charge in [-0.1, -0.05) is 50.8 Å². The summed E-state index contributed by atoms with van der Waals surface area (Å²) in [5.41, 5.74) is 1.72. The summed E-state index contributed by atoms with van der Waals surface area (Å²) in [5, 5.41) is 8.66. The number of unbranched alkanes of at least 4 members (excludes halogenated alkanes) is 5. The monoisotopic (exact) mass is 226 g/mol. The van der Waals surface area contributed by atoms with Crippen molar-refractivity contribution in [2.24, 2.45) is 0 Å². The molecule has 1 aromatic carbocycles. The molecule has 0 bridgehead atoms. The maximum Gasteiger partial charge on any atom is 0.0991 e. The zero-order valence-corrected chi connectivity index (χ0v) is 10.6. The maximum atomic E-state index is 8.66. The Morgan fingerprint density at radius 2 is 2.06 bits per heavy atom. The lowest BCUT2D eigenvalue weighted by Crippen LogP contribution is -1.77. The third-order valence-corrected chi connectivity index (χ3v) is 2.74. The van der Waals surface area contributed by atoms with Crippen LogP contribution in [-0.2, 0) is 0 Å². The Labute approximate surface area is 105 Å². The van der Waals surface area contributed by atoms with E-state index >= 15 is 0 Å². The molecule has 0 unspecified atom stereocenters. The molecule has 0 amide bonds. The number of allylic oxidation sites excluding steroid dienone is 1. The molecule has 0 aromatic heterocycles. The first-order valence-corrected chi connectivity index (χ1v) is 6.45. The van der Waals surface area contributed by atoms with Gasteiger partial charge >= 0.3 is 0 Å². The molecule has 0 saturated carbocycles. The second kappa shape index (κ2) is 8.58. The summed E-state index contributed by atoms with van der Waals surface area (Å²) >= 11 is 0. The molecule has 89 valence electrons. The topological polar surface area (TPSA) is 23.8 Å². The lowest BCUT2D eigenvalue weighted by molar-refractivity contribution is 0.638. The van der Waals surface area contributed by atoms with Crippen molar-refractivity contribution in [1.82, 2.24) is 0 Å². The van der Waals surface area contributed by atoms with Gasteiger partial charge in [0.05, 0.1) is 11.6 Å². The molecule has 0 fully saturated rings. The molecular formula is C16H20N. The fourth-order valence-corrected chi connectivity index (χ4v) is 1.69. The van der Waals surface area contributed by atoms with Crippen LogP contribution >= 0.6 is 0 Å². The first kappa shape index (κ1) is 13.5. The highest BCUT2D eigenvalue weighted by molar-refractivity contribution is 5.50. The quantitative estimate of drug-likeness (QED) is 0.616. The molecule has 1 rings (SSSR count). The minimum Gasteiger partial charge on any atom is -0.192 e. The average molecular weight is 226 g/mol. The molecule has 0 aliphatic heterocycles. The van der Waals surface area contributed by atoms with Crippen molar-refractivity contribution in [3.05, 3.63) is 41.5 Å². The van der Waals surface area contributed by atoms with Gasteiger partial charge < -0.3 is 0 Å². The van der Waals surface area contributed by atoms with Crippen LogP contribution in [0.2, 0.25) is 0 Å². The molecule has 1 heteroatoms. The van der Waals surface area contributed by atoms with Crippen LogP contribution in [-0.4, -0.2) is 0 Å². The van der Waals surface area contributed by atoms with E-state index in [4.69, 9.17) is 5.26 Å². The van der Waals surface area contributed by atoms with Crippen LogP contribution in [0.15, 0.2) is 24.3 Å². The summed E-state index contributed by atoms with van der Waals surface area (Å²) in [6.07, 6.45) is 12.0. The Morgan fingerprint density at radius 1 is 1.24 bits per heavy atom. The molecular weight excluding hydrogens is 206 g/mol. The van der Waals surface area contributed by atoms with Crippen molar-refractivity contribution in [3.63, 3.8) is 0 Å². The first-order chi connectivity index (χ1) is 8.36. The van der Waals surface area contributed by atoms with Crippen molar-refractivity contribution in [1.29, 1.82) is 5.26 Å². The largest absolute Gasteiger partial charge is 0.192 e. The maximum absolute atomic E-state index is 8.66. The predicted molar refractivity (Wildman–Crippen MR) is 72.4 cm³/mol. The van der Waals surface area contributed by atoms with Crippen LogP contribution < -0.4 is 0 Å². The van der Waals surface area contributed by atoms with E-state index in [1.165, 1.54) is 32.1 Å². The highest BCUT2D eigenvalue weighted by Crippen LogP contribution is 2.08. The Bertz CT molecular complexity index is 368. The normalized spacial score (nSPS) is 10.6. The summed E-state index contributed by atoms with van der Waals surface area (Å²) in [5.74, 6) is 0. The van der Waals surface area contributed by atoms with Gasteiger partial charge in [0.1, 0.15) is 0 Å². The van der Waals surface area contributed by atoms with E-state index in [-0.39, 0.29) is 0 Å². The molecule has 1 nitrogen and oxygen atoms in total. The molecule has 1 aromatic rings. The van der Waals surface area contributed by atoms with E-state index < -0.39 is 0 Å². The lowest BCUT2D eigenvalue weighted by Gasteiger charge is -1.96. The third-order valence-electron chi connectivity index (χ3n) is 2.74. The fraction of sp³-hybridized carbons (Fsp3) is 0.438. The van der Waals surface area contributed by atoms with E-state index in [0.717, 1.165) is 12.0 Å². The Hall–Kier alpha value is -1.55. The molecule has 17 heavy (non-hydrogen) atoms. The Morgan fingerprint density at radius 3 is 2.71 bits per heavy atom. The van der Waals surface area contributed by atoms with Crippen LogP contribution in [0.3, 0.4) is 0 Å². The summed E-state index contributed by atoms with van der Waals surface area (Å²) < 4.78 is 0. The molecule has 0 aliphatic carbocycles. The van der Waals surface area contributed by atoms with Gasteiger partial charge in [-0.25, -0.2) is 0 Å². The van der Waals surface area contributed by atoms with Crippen LogP contribution in [0.4, 0.5) is 0 Å². The number of nitrogens with zero attached hydrogens (tertiary/aromatic N) is 1. The summed E-state index contributed by atoms with van der Waals surface area (Å²) in [6.45, 7) is 2.24. The molecule has 0 aliphatic rings. The Balaban J connectivity index is 2.21. The molecule has 0 spiro atoms. The van der Waals surface area contributed by atoms with Crippen molar-refractivity contribution in [2.75, 3.05) is 0 Å². The van der Waals surface area contributed by atoms with Crippen molar-refractivity contribution >= 4 is 6.08 Å². The fourth-order valence-electron chi connectivity index (χ4n) is 1.69. The van der Waals surface area contributed by atoms with E-state index in [9.17, 15) is 0 Å². The third kappa shape index (κ3) is 5.92. The minimum atomic E-state index is 0.668. The van der Waals surface area contributed by atoms with Crippen molar-refractivity contribution in [2.45, 2.75) is 45.4 Å². The molecule has 0 atom stereocenters. The molecule has 1 radical (unpaired) electrons. The summed E-state index contributed by atoms with van der Waals surface area (Å²) in [4.78, 5) is 0. The van der Waals surface area contributed by atoms with E-state index in [1.807, 2.05) is 12.1 Å². The average Bonchev–Trinajstić information content (AvgIpc) is 2.38. The zero-order chi connectivity index (χ0) is 12.3. The SMILES string of the molecule is CCCCCCCC=Cc1[c]cc(C#N)cc1. The van der Waals surface area contributed by atoms with Gasteiger partial charge in [-0.15, -0.1) is 0 Å². The molecule has 0 saturated heterocycles. The lowest BCUT2D eigenvalue weighted by atomic mass is 10.1. The van der Waals surface area contributed by atoms with Gasteiger partial charge in [-0.2, -0.15) is 5.26 Å². The van der Waals surface area contributed by atoms with Gasteiger partial charge in [0.2, 0.25) is 0 Å². The first-order valence-electron chi connectivity index (χ1n) is 6.45. The van der Waals surface area contributed by atoms with Crippen LogP contribution in [0.5, 0.6) is 0 Å². The van der Waals surface area contributed by atoms with E-state index in [1.54, 1.807) is 6.07 Å². The Kier molecular flexibility index (Phi) is 6.82. The second-order valence-electron chi connectivity index (χ2n) is 4.25. The van der Waals surface area contributed by atoms with Crippen molar-refractivity contribution < 1.29 is 0 Å². The number of hydrogen-bond acceptors (Lipinski definition) is 1. The number of hydrogen-bond donors (Lipinski definition) is 0. The van der Waals surface area contributed by atoms with Gasteiger partial charge in [-0.05, 0) is 36.6 Å². The second-order valence-corrected chi connectivity index (χ2v) is 4.25. The number of nitriles is 1. The molecule has 0 N–H and O–H groups in total. The predicted octanol–water partition coefficient (Wildman–Crippen LogP) is 4.73. The smallest absolute Gasteiger partial charge is 0.0991 e. The summed E-state index contributed by atoms with van der Waals surface area (Å²) in [7, 11) is 0. The van der Waals surface area contributed by atoms with E-state index in [0.29, 0.717) is 5.56 Å². The molecule has 0 heterocycles. The number of rotatable bonds is 7. The van der Waals surface area contributed by atoms with Crippen molar-refractivity contribution in [3.8, 4) is 6.07 Å². The van der Waals surface area contributed by atoms with Crippen LogP contribution in [0.1, 0.15) is 56.6 Å². The van der Waals surface area contributed by atoms with Gasteiger partial charge in [0, 0.05) is 0 Å². The summed E-state index contributed by atoms with van der Waals surface area (Å²) in [6, 6.07) is 10.7. The van der Waals surface area contributed by atoms with Gasteiger partial charge in [0.15, 0.2) is 0 Å². The number of benzene rings is 1. The minimum absolute atomic E-state index is 0.668.